The van der Waals surface area contributed by atoms with Crippen LogP contribution >= 0.6 is 0 Å². The van der Waals surface area contributed by atoms with Crippen LogP contribution in [0.5, 0.6) is 0 Å². The zero-order valence-electron chi connectivity index (χ0n) is 16.2. The van der Waals surface area contributed by atoms with Crippen molar-refractivity contribution in [2.24, 2.45) is 0 Å². The lowest BCUT2D eigenvalue weighted by Crippen LogP contribution is -2.61. The molecule has 0 unspecified atom stereocenters. The minimum absolute atomic E-state index is 0.0252. The predicted molar refractivity (Wildman–Crippen MR) is 101 cm³/mol. The monoisotopic (exact) mass is 388 g/mol. The molecule has 0 saturated carbocycles. The molecule has 144 valence electrons. The van der Waals surface area contributed by atoms with Gasteiger partial charge in [-0.3, -0.25) is 29.4 Å². The first-order chi connectivity index (χ1) is 12.4. The van der Waals surface area contributed by atoms with Crippen molar-refractivity contribution in [3.05, 3.63) is 35.4 Å². The van der Waals surface area contributed by atoms with Crippen molar-refractivity contribution in [3.8, 4) is 0 Å². The van der Waals surface area contributed by atoms with Crippen LogP contribution in [-0.4, -0.2) is 49.0 Å². The van der Waals surface area contributed by atoms with Crippen LogP contribution < -0.4 is 5.32 Å². The van der Waals surface area contributed by atoms with Crippen molar-refractivity contribution in [2.75, 3.05) is 0 Å². The predicted octanol–water partition coefficient (Wildman–Crippen LogP) is 2.09. The number of carbonyl (C=O) groups is 4. The molecule has 3 rings (SSSR count). The minimum Gasteiger partial charge on any atom is -0.405 e. The number of benzene rings is 1. The number of fused-ring (bicyclic) bond motifs is 1. The summed E-state index contributed by atoms with van der Waals surface area (Å²) >= 11 is 0. The molecule has 1 fully saturated rings. The summed E-state index contributed by atoms with van der Waals surface area (Å²) in [4.78, 5) is 51.1. The Morgan fingerprint density at radius 2 is 1.52 bits per heavy atom. The van der Waals surface area contributed by atoms with Gasteiger partial charge in [0, 0.05) is 6.42 Å². The number of carbonyl (C=O) groups excluding carboxylic acids is 4. The molecule has 1 aromatic rings. The first-order valence-corrected chi connectivity index (χ1v) is 11.8. The van der Waals surface area contributed by atoms with E-state index in [2.05, 4.69) is 5.32 Å². The van der Waals surface area contributed by atoms with E-state index in [9.17, 15) is 19.2 Å². The van der Waals surface area contributed by atoms with Gasteiger partial charge in [-0.15, -0.1) is 0 Å². The Kier molecular flexibility index (Phi) is 4.60. The molecule has 2 aliphatic rings. The molecular weight excluding hydrogens is 364 g/mol. The molecule has 2 atom stereocenters. The van der Waals surface area contributed by atoms with Crippen LogP contribution in [0, 0.1) is 0 Å². The average molecular weight is 388 g/mol. The van der Waals surface area contributed by atoms with E-state index in [1.807, 2.05) is 33.9 Å². The van der Waals surface area contributed by atoms with Gasteiger partial charge in [-0.05, 0) is 30.3 Å². The summed E-state index contributed by atoms with van der Waals surface area (Å²) in [6.07, 6.45) is -0.902. The van der Waals surface area contributed by atoms with Gasteiger partial charge in [0.25, 0.3) is 17.7 Å². The van der Waals surface area contributed by atoms with Crippen LogP contribution in [0.2, 0.25) is 18.1 Å². The van der Waals surface area contributed by atoms with Gasteiger partial charge >= 0.3 is 0 Å². The number of rotatable bonds is 3. The lowest BCUT2D eigenvalue weighted by atomic mass is 10.0. The van der Waals surface area contributed by atoms with Crippen molar-refractivity contribution in [3.63, 3.8) is 0 Å². The number of imide groups is 2. The summed E-state index contributed by atoms with van der Waals surface area (Å²) in [5.74, 6) is -2.20. The molecular formula is C19H24N2O5Si. The number of amides is 4. The van der Waals surface area contributed by atoms with Crippen LogP contribution in [-0.2, 0) is 14.0 Å². The summed E-state index contributed by atoms with van der Waals surface area (Å²) in [6, 6.07) is 5.39. The van der Waals surface area contributed by atoms with Crippen LogP contribution in [0.25, 0.3) is 0 Å². The second-order valence-electron chi connectivity index (χ2n) is 8.50. The number of nitrogens with zero attached hydrogens (tertiary/aromatic N) is 1. The van der Waals surface area contributed by atoms with Crippen LogP contribution in [0.15, 0.2) is 24.3 Å². The molecule has 4 amide bonds. The third kappa shape index (κ3) is 3.23. The van der Waals surface area contributed by atoms with Crippen LogP contribution in [0.1, 0.15) is 47.9 Å². The maximum Gasteiger partial charge on any atom is 0.262 e. The van der Waals surface area contributed by atoms with Crippen molar-refractivity contribution in [1.82, 2.24) is 10.2 Å². The molecule has 1 saturated heterocycles. The van der Waals surface area contributed by atoms with Gasteiger partial charge in [-0.1, -0.05) is 32.9 Å². The molecule has 2 aliphatic heterocycles. The maximum absolute atomic E-state index is 12.7. The Bertz CT molecular complexity index is 808. The smallest absolute Gasteiger partial charge is 0.262 e. The second-order valence-corrected chi connectivity index (χ2v) is 13.3. The van der Waals surface area contributed by atoms with E-state index < -0.39 is 44.1 Å². The van der Waals surface area contributed by atoms with E-state index >= 15 is 0 Å². The molecule has 1 N–H and O–H groups in total. The Balaban J connectivity index is 1.87. The Hall–Kier alpha value is -2.32. The highest BCUT2D eigenvalue weighted by atomic mass is 28.4. The Labute approximate surface area is 159 Å². The van der Waals surface area contributed by atoms with E-state index in [0.717, 1.165) is 4.90 Å². The zero-order valence-corrected chi connectivity index (χ0v) is 17.2. The van der Waals surface area contributed by atoms with Crippen molar-refractivity contribution in [2.45, 2.75) is 57.5 Å². The Morgan fingerprint density at radius 1 is 1.00 bits per heavy atom. The lowest BCUT2D eigenvalue weighted by molar-refractivity contribution is -0.142. The first kappa shape index (κ1) is 19.4. The largest absolute Gasteiger partial charge is 0.405 e. The zero-order chi connectivity index (χ0) is 20.1. The lowest BCUT2D eigenvalue weighted by Gasteiger charge is -2.41. The number of hydrogen-bond acceptors (Lipinski definition) is 5. The van der Waals surface area contributed by atoms with Crippen molar-refractivity contribution < 1.29 is 23.6 Å². The first-order valence-electron chi connectivity index (χ1n) is 8.93. The highest BCUT2D eigenvalue weighted by Gasteiger charge is 2.49. The summed E-state index contributed by atoms with van der Waals surface area (Å²) in [6.45, 7) is 10.2. The van der Waals surface area contributed by atoms with Gasteiger partial charge in [0.1, 0.15) is 12.1 Å². The number of nitrogens with one attached hydrogen (secondary N) is 1. The summed E-state index contributed by atoms with van der Waals surface area (Å²) in [7, 11) is -2.28. The van der Waals surface area contributed by atoms with Gasteiger partial charge in [-0.2, -0.15) is 0 Å². The van der Waals surface area contributed by atoms with E-state index in [-0.39, 0.29) is 22.6 Å². The van der Waals surface area contributed by atoms with Crippen LogP contribution in [0.4, 0.5) is 0 Å². The van der Waals surface area contributed by atoms with E-state index in [1.165, 1.54) is 0 Å². The van der Waals surface area contributed by atoms with Gasteiger partial charge < -0.3 is 4.43 Å². The summed E-state index contributed by atoms with van der Waals surface area (Å²) in [5, 5.41) is 2.15. The van der Waals surface area contributed by atoms with Gasteiger partial charge in [0.15, 0.2) is 8.32 Å². The standard InChI is InChI=1S/C19H24N2O5Si/c1-19(2,3)27(4,5)26-14-10-13(15(22)20-16(14)23)21-17(24)11-8-6-7-9-12(11)18(21)25/h6-9,13-14H,10H2,1-5H3,(H,20,22,23)/t13-,14-/m1/s1. The molecule has 0 aliphatic carbocycles. The third-order valence-electron chi connectivity index (χ3n) is 5.66. The van der Waals surface area contributed by atoms with Gasteiger partial charge in [0.05, 0.1) is 11.1 Å². The third-order valence-corrected chi connectivity index (χ3v) is 10.1. The summed E-state index contributed by atoms with van der Waals surface area (Å²) in [5.41, 5.74) is 0.545. The number of hydrogen-bond donors (Lipinski definition) is 1. The highest BCUT2D eigenvalue weighted by Crippen LogP contribution is 2.38. The normalized spacial score (nSPS) is 23.5. The molecule has 0 bridgehead atoms. The van der Waals surface area contributed by atoms with E-state index in [4.69, 9.17) is 4.43 Å². The van der Waals surface area contributed by atoms with Crippen molar-refractivity contribution in [1.29, 1.82) is 0 Å². The number of piperidine rings is 1. The van der Waals surface area contributed by atoms with Crippen LogP contribution in [0.3, 0.4) is 0 Å². The topological polar surface area (TPSA) is 92.8 Å². The van der Waals surface area contributed by atoms with Crippen molar-refractivity contribution >= 4 is 31.9 Å². The average Bonchev–Trinajstić information content (AvgIpc) is 2.81. The summed E-state index contributed by atoms with van der Waals surface area (Å²) < 4.78 is 6.17. The fraction of sp³-hybridized carbons (Fsp3) is 0.474. The molecule has 0 radical (unpaired) electrons. The van der Waals surface area contributed by atoms with Gasteiger partial charge in [-0.25, -0.2) is 0 Å². The highest BCUT2D eigenvalue weighted by molar-refractivity contribution is 6.74. The maximum atomic E-state index is 12.7. The molecule has 27 heavy (non-hydrogen) atoms. The fourth-order valence-corrected chi connectivity index (χ4v) is 4.32. The second kappa shape index (κ2) is 6.38. The SMILES string of the molecule is CC(C)(C)[Si](C)(C)O[C@@H]1C[C@@H](N2C(=O)c3ccccc3C2=O)C(=O)NC1=O. The molecule has 1 aromatic carbocycles. The quantitative estimate of drug-likeness (QED) is 0.632. The van der Waals surface area contributed by atoms with E-state index in [0.29, 0.717) is 0 Å². The molecule has 0 spiro atoms. The molecule has 0 aromatic heterocycles. The molecule has 7 nitrogen and oxygen atoms in total. The Morgan fingerprint density at radius 3 is 2.00 bits per heavy atom. The molecule has 8 heteroatoms. The van der Waals surface area contributed by atoms with E-state index in [1.54, 1.807) is 24.3 Å². The van der Waals surface area contributed by atoms with Gasteiger partial charge in [0.2, 0.25) is 5.91 Å². The minimum atomic E-state index is -2.28. The molecule has 2 heterocycles. The fourth-order valence-electron chi connectivity index (χ4n) is 3.05.